The molecule has 0 unspecified atom stereocenters. The van der Waals surface area contributed by atoms with E-state index in [1.54, 1.807) is 6.20 Å². The number of ether oxygens (including phenoxy) is 2. The second-order valence-electron chi connectivity index (χ2n) is 9.08. The Hall–Kier alpha value is -4.07. The third-order valence-electron chi connectivity index (χ3n) is 6.88. The van der Waals surface area contributed by atoms with Gasteiger partial charge in [-0.1, -0.05) is 31.2 Å². The van der Waals surface area contributed by atoms with Gasteiger partial charge in [0, 0.05) is 16.8 Å². The number of aromatic nitrogens is 3. The quantitative estimate of drug-likeness (QED) is 0.436. The van der Waals surface area contributed by atoms with Crippen molar-refractivity contribution in [2.45, 2.75) is 46.2 Å². The highest BCUT2D eigenvalue weighted by Crippen LogP contribution is 2.33. The van der Waals surface area contributed by atoms with Crippen molar-refractivity contribution in [1.29, 1.82) is 0 Å². The lowest BCUT2D eigenvalue weighted by Gasteiger charge is -2.24. The maximum atomic E-state index is 13.5. The number of benzene rings is 2. The monoisotopic (exact) mass is 486 g/mol. The Morgan fingerprint density at radius 2 is 1.78 bits per heavy atom. The molecule has 186 valence electrons. The lowest BCUT2D eigenvalue weighted by Crippen LogP contribution is -2.35. The highest BCUT2D eigenvalue weighted by Gasteiger charge is 2.27. The van der Waals surface area contributed by atoms with Crippen molar-refractivity contribution in [2.75, 3.05) is 13.2 Å². The second kappa shape index (κ2) is 9.53. The first-order valence-electron chi connectivity index (χ1n) is 12.3. The number of amides is 1. The highest BCUT2D eigenvalue weighted by molar-refractivity contribution is 5.89. The van der Waals surface area contributed by atoms with Gasteiger partial charge < -0.3 is 19.4 Å². The standard InChI is InChI=1S/C28H30N4O4/c1-5-23(27(33)30-17(2)20-11-12-24-25(15-20)36-14-13-35-24)31-18(3)22-16-29-32(21-9-7-6-8-10-21)28(34)26(22)19(31)4/h6-12,15-17,23H,5,13-14H2,1-4H3,(H,30,33)/t17-,23-/m0/s1. The first-order chi connectivity index (χ1) is 17.4. The van der Waals surface area contributed by atoms with Crippen LogP contribution < -0.4 is 20.3 Å². The number of aryl methyl sites for hydroxylation is 2. The van der Waals surface area contributed by atoms with E-state index < -0.39 is 6.04 Å². The van der Waals surface area contributed by atoms with Crippen molar-refractivity contribution in [3.8, 4) is 17.2 Å². The summed E-state index contributed by atoms with van der Waals surface area (Å²) in [5.41, 5.74) is 3.04. The summed E-state index contributed by atoms with van der Waals surface area (Å²) in [6.07, 6.45) is 2.29. The lowest BCUT2D eigenvalue weighted by molar-refractivity contribution is -0.125. The fraction of sp³-hybridized carbons (Fsp3) is 0.321. The maximum Gasteiger partial charge on any atom is 0.281 e. The molecule has 0 fully saturated rings. The van der Waals surface area contributed by atoms with E-state index in [0.29, 0.717) is 36.5 Å². The van der Waals surface area contributed by atoms with Crippen LogP contribution in [-0.2, 0) is 4.79 Å². The number of fused-ring (bicyclic) bond motifs is 2. The summed E-state index contributed by atoms with van der Waals surface area (Å²) >= 11 is 0. The Morgan fingerprint density at radius 3 is 2.50 bits per heavy atom. The summed E-state index contributed by atoms with van der Waals surface area (Å²) in [4.78, 5) is 27.0. The molecule has 0 radical (unpaired) electrons. The third-order valence-corrected chi connectivity index (χ3v) is 6.88. The number of nitrogens with one attached hydrogen (secondary N) is 1. The van der Waals surface area contributed by atoms with Gasteiger partial charge in [0.1, 0.15) is 19.3 Å². The Labute approximate surface area is 209 Å². The molecule has 2 aromatic heterocycles. The topological polar surface area (TPSA) is 87.4 Å². The van der Waals surface area contributed by atoms with Crippen LogP contribution in [0.5, 0.6) is 11.5 Å². The van der Waals surface area contributed by atoms with Gasteiger partial charge in [0.05, 0.1) is 23.3 Å². The van der Waals surface area contributed by atoms with E-state index in [2.05, 4.69) is 10.4 Å². The lowest BCUT2D eigenvalue weighted by atomic mass is 10.1. The fourth-order valence-corrected chi connectivity index (χ4v) is 5.01. The zero-order valence-corrected chi connectivity index (χ0v) is 20.9. The molecule has 0 bridgehead atoms. The van der Waals surface area contributed by atoms with Crippen molar-refractivity contribution in [1.82, 2.24) is 19.7 Å². The zero-order valence-electron chi connectivity index (χ0n) is 20.9. The average molecular weight is 487 g/mol. The minimum atomic E-state index is -0.471. The molecule has 5 rings (SSSR count). The predicted octanol–water partition coefficient (Wildman–Crippen LogP) is 4.40. The van der Waals surface area contributed by atoms with Crippen LogP contribution in [0.15, 0.2) is 59.5 Å². The van der Waals surface area contributed by atoms with Gasteiger partial charge in [-0.05, 0) is 57.0 Å². The van der Waals surface area contributed by atoms with Crippen LogP contribution in [0.3, 0.4) is 0 Å². The molecular weight excluding hydrogens is 456 g/mol. The summed E-state index contributed by atoms with van der Waals surface area (Å²) in [5, 5.41) is 8.90. The molecule has 2 aromatic carbocycles. The van der Waals surface area contributed by atoms with Crippen LogP contribution in [0.25, 0.3) is 16.5 Å². The van der Waals surface area contributed by atoms with Crippen molar-refractivity contribution < 1.29 is 14.3 Å². The normalized spacial score (nSPS) is 14.4. The predicted molar refractivity (Wildman–Crippen MR) is 138 cm³/mol. The third kappa shape index (κ3) is 4.02. The molecule has 2 atom stereocenters. The minimum absolute atomic E-state index is 0.109. The van der Waals surface area contributed by atoms with E-state index in [0.717, 1.165) is 28.1 Å². The van der Waals surface area contributed by atoms with Crippen LogP contribution in [0.4, 0.5) is 0 Å². The maximum absolute atomic E-state index is 13.5. The van der Waals surface area contributed by atoms with E-state index in [1.165, 1.54) is 4.68 Å². The van der Waals surface area contributed by atoms with Crippen molar-refractivity contribution in [3.05, 3.63) is 82.0 Å². The van der Waals surface area contributed by atoms with Crippen LogP contribution in [0.2, 0.25) is 0 Å². The van der Waals surface area contributed by atoms with E-state index in [1.807, 2.05) is 80.8 Å². The summed E-state index contributed by atoms with van der Waals surface area (Å²) in [6.45, 7) is 8.80. The SMILES string of the molecule is CC[C@@H](C(=O)N[C@@H](C)c1ccc2c(c1)OCCO2)n1c(C)c2cnn(-c3ccccc3)c(=O)c2c1C. The van der Waals surface area contributed by atoms with Crippen LogP contribution in [-0.4, -0.2) is 33.5 Å². The van der Waals surface area contributed by atoms with Crippen molar-refractivity contribution in [2.24, 2.45) is 0 Å². The zero-order chi connectivity index (χ0) is 25.4. The smallest absolute Gasteiger partial charge is 0.281 e. The van der Waals surface area contributed by atoms with Gasteiger partial charge in [-0.3, -0.25) is 9.59 Å². The first kappa shape index (κ1) is 23.7. The minimum Gasteiger partial charge on any atom is -0.486 e. The Morgan fingerprint density at radius 1 is 1.06 bits per heavy atom. The molecule has 1 amide bonds. The molecule has 3 heterocycles. The highest BCUT2D eigenvalue weighted by atomic mass is 16.6. The van der Waals surface area contributed by atoms with Crippen LogP contribution in [0.1, 0.15) is 49.3 Å². The Bertz CT molecular complexity index is 1490. The van der Waals surface area contributed by atoms with Crippen LogP contribution >= 0.6 is 0 Å². The summed E-state index contributed by atoms with van der Waals surface area (Å²) < 4.78 is 14.7. The van der Waals surface area contributed by atoms with Gasteiger partial charge in [-0.25, -0.2) is 0 Å². The molecule has 0 spiro atoms. The summed E-state index contributed by atoms with van der Waals surface area (Å²) in [7, 11) is 0. The molecule has 0 saturated heterocycles. The first-order valence-corrected chi connectivity index (χ1v) is 12.3. The number of carbonyl (C=O) groups excluding carboxylic acids is 1. The van der Waals surface area contributed by atoms with Gasteiger partial charge >= 0.3 is 0 Å². The molecule has 0 aliphatic carbocycles. The molecule has 8 nitrogen and oxygen atoms in total. The largest absolute Gasteiger partial charge is 0.486 e. The molecule has 1 N–H and O–H groups in total. The van der Waals surface area contributed by atoms with Crippen molar-refractivity contribution >= 4 is 16.7 Å². The fourth-order valence-electron chi connectivity index (χ4n) is 5.01. The molecule has 8 heteroatoms. The number of nitrogens with zero attached hydrogens (tertiary/aromatic N) is 3. The van der Waals surface area contributed by atoms with Gasteiger partial charge in [-0.15, -0.1) is 0 Å². The number of para-hydroxylation sites is 1. The number of rotatable bonds is 6. The second-order valence-corrected chi connectivity index (χ2v) is 9.08. The van der Waals surface area contributed by atoms with E-state index in [4.69, 9.17) is 9.47 Å². The summed E-state index contributed by atoms with van der Waals surface area (Å²) in [6, 6.07) is 14.4. The molecular formula is C28H30N4O4. The van der Waals surface area contributed by atoms with Gasteiger partial charge in [0.25, 0.3) is 5.56 Å². The molecule has 4 aromatic rings. The van der Waals surface area contributed by atoms with Gasteiger partial charge in [0.2, 0.25) is 5.91 Å². The number of hydrogen-bond donors (Lipinski definition) is 1. The van der Waals surface area contributed by atoms with Gasteiger partial charge in [-0.2, -0.15) is 9.78 Å². The summed E-state index contributed by atoms with van der Waals surface area (Å²) in [5.74, 6) is 1.30. The molecule has 36 heavy (non-hydrogen) atoms. The van der Waals surface area contributed by atoms with E-state index in [9.17, 15) is 9.59 Å². The Kier molecular flexibility index (Phi) is 6.26. The van der Waals surface area contributed by atoms with Gasteiger partial charge in [0.15, 0.2) is 11.5 Å². The average Bonchev–Trinajstić information content (AvgIpc) is 3.15. The molecule has 1 aliphatic heterocycles. The molecule has 1 aliphatic rings. The van der Waals surface area contributed by atoms with E-state index >= 15 is 0 Å². The van der Waals surface area contributed by atoms with E-state index in [-0.39, 0.29) is 17.5 Å². The molecule has 0 saturated carbocycles. The van der Waals surface area contributed by atoms with Crippen molar-refractivity contribution in [3.63, 3.8) is 0 Å². The number of hydrogen-bond acceptors (Lipinski definition) is 5. The van der Waals surface area contributed by atoms with Crippen LogP contribution in [0, 0.1) is 13.8 Å². The Balaban J connectivity index is 1.47. The number of carbonyl (C=O) groups is 1.